The van der Waals surface area contributed by atoms with Gasteiger partial charge in [-0.1, -0.05) is 37.3 Å². The molecule has 1 amide bonds. The Morgan fingerprint density at radius 3 is 2.50 bits per heavy atom. The van der Waals surface area contributed by atoms with Crippen molar-refractivity contribution in [1.29, 1.82) is 0 Å². The van der Waals surface area contributed by atoms with E-state index in [4.69, 9.17) is 14.2 Å². The Morgan fingerprint density at radius 2 is 1.79 bits per heavy atom. The summed E-state index contributed by atoms with van der Waals surface area (Å²) in [7, 11) is 0. The molecule has 0 bridgehead atoms. The van der Waals surface area contributed by atoms with E-state index in [0.29, 0.717) is 36.8 Å². The van der Waals surface area contributed by atoms with E-state index in [9.17, 15) is 9.59 Å². The maximum Gasteiger partial charge on any atom is 0.339 e. The van der Waals surface area contributed by atoms with Crippen molar-refractivity contribution in [3.05, 3.63) is 59.7 Å². The molecule has 1 heterocycles. The molecule has 3 rings (SSSR count). The molecule has 6 nitrogen and oxygen atoms in total. The molecule has 0 saturated heterocycles. The van der Waals surface area contributed by atoms with Crippen molar-refractivity contribution in [3.8, 4) is 11.5 Å². The minimum absolute atomic E-state index is 0.214. The van der Waals surface area contributed by atoms with Gasteiger partial charge >= 0.3 is 5.97 Å². The largest absolute Gasteiger partial charge is 0.486 e. The highest BCUT2D eigenvalue weighted by Crippen LogP contribution is 2.31. The summed E-state index contributed by atoms with van der Waals surface area (Å²) in [5.74, 6) is 0.424. The van der Waals surface area contributed by atoms with Crippen molar-refractivity contribution in [2.24, 2.45) is 0 Å². The van der Waals surface area contributed by atoms with Crippen molar-refractivity contribution in [2.45, 2.75) is 32.3 Å². The SMILES string of the molecule is CC[C@H](CNC(=O)[C@H](C)OC(=O)c1ccc2c(c1)OCCO2)c1ccccc1. The minimum atomic E-state index is -0.894. The topological polar surface area (TPSA) is 73.9 Å². The van der Waals surface area contributed by atoms with E-state index in [1.165, 1.54) is 5.56 Å². The van der Waals surface area contributed by atoms with Gasteiger partial charge in [0.2, 0.25) is 0 Å². The van der Waals surface area contributed by atoms with Crippen molar-refractivity contribution in [3.63, 3.8) is 0 Å². The lowest BCUT2D eigenvalue weighted by molar-refractivity contribution is -0.129. The van der Waals surface area contributed by atoms with Crippen LogP contribution in [0.3, 0.4) is 0 Å². The Labute approximate surface area is 164 Å². The quantitative estimate of drug-likeness (QED) is 0.743. The van der Waals surface area contributed by atoms with Gasteiger partial charge in [0.25, 0.3) is 5.91 Å². The molecular formula is C22H25NO5. The van der Waals surface area contributed by atoms with Gasteiger partial charge in [0.15, 0.2) is 17.6 Å². The molecule has 6 heteroatoms. The van der Waals surface area contributed by atoms with E-state index < -0.39 is 12.1 Å². The first-order valence-electron chi connectivity index (χ1n) is 9.51. The molecule has 0 spiro atoms. The van der Waals surface area contributed by atoms with Crippen LogP contribution in [0.15, 0.2) is 48.5 Å². The Morgan fingerprint density at radius 1 is 1.07 bits per heavy atom. The van der Waals surface area contributed by atoms with Crippen molar-refractivity contribution < 1.29 is 23.8 Å². The summed E-state index contributed by atoms with van der Waals surface area (Å²) >= 11 is 0. The standard InChI is InChI=1S/C22H25NO5/c1-3-16(17-7-5-4-6-8-17)14-23-21(24)15(2)28-22(25)18-9-10-19-20(13-18)27-12-11-26-19/h4-10,13,15-16H,3,11-12,14H2,1-2H3,(H,23,24)/t15-,16+/m0/s1. The molecule has 0 aromatic heterocycles. The van der Waals surface area contributed by atoms with E-state index in [-0.39, 0.29) is 11.8 Å². The zero-order chi connectivity index (χ0) is 19.9. The highest BCUT2D eigenvalue weighted by Gasteiger charge is 2.22. The van der Waals surface area contributed by atoms with Crippen LogP contribution in [0.1, 0.15) is 42.1 Å². The summed E-state index contributed by atoms with van der Waals surface area (Å²) in [6.45, 7) is 5.05. The molecule has 0 unspecified atom stereocenters. The average Bonchev–Trinajstić information content (AvgIpc) is 2.74. The van der Waals surface area contributed by atoms with Crippen LogP contribution in [0.25, 0.3) is 0 Å². The summed E-state index contributed by atoms with van der Waals surface area (Å²) in [6.07, 6.45) is 0.00401. The number of benzene rings is 2. The molecule has 0 radical (unpaired) electrons. The van der Waals surface area contributed by atoms with E-state index >= 15 is 0 Å². The number of ether oxygens (including phenoxy) is 3. The van der Waals surface area contributed by atoms with E-state index in [1.807, 2.05) is 30.3 Å². The predicted octanol–water partition coefficient (Wildman–Crippen LogP) is 3.31. The molecule has 1 aliphatic heterocycles. The van der Waals surface area contributed by atoms with Gasteiger partial charge in [0.1, 0.15) is 13.2 Å². The summed E-state index contributed by atoms with van der Waals surface area (Å²) in [5, 5.41) is 2.88. The number of amides is 1. The second kappa shape index (κ2) is 9.26. The monoisotopic (exact) mass is 383 g/mol. The molecule has 1 N–H and O–H groups in total. The van der Waals surface area contributed by atoms with Gasteiger partial charge in [0, 0.05) is 12.5 Å². The molecular weight excluding hydrogens is 358 g/mol. The van der Waals surface area contributed by atoms with Crippen LogP contribution in [0.5, 0.6) is 11.5 Å². The lowest BCUT2D eigenvalue weighted by atomic mass is 9.96. The Kier molecular flexibility index (Phi) is 6.53. The van der Waals surface area contributed by atoms with Crippen molar-refractivity contribution in [1.82, 2.24) is 5.32 Å². The van der Waals surface area contributed by atoms with Crippen molar-refractivity contribution in [2.75, 3.05) is 19.8 Å². The van der Waals surface area contributed by atoms with Gasteiger partial charge in [-0.3, -0.25) is 4.79 Å². The van der Waals surface area contributed by atoms with Gasteiger partial charge in [-0.15, -0.1) is 0 Å². The van der Waals surface area contributed by atoms with Crippen LogP contribution >= 0.6 is 0 Å². The summed E-state index contributed by atoms with van der Waals surface area (Å²) in [5.41, 5.74) is 1.49. The predicted molar refractivity (Wildman–Crippen MR) is 105 cm³/mol. The van der Waals surface area contributed by atoms with E-state index in [0.717, 1.165) is 6.42 Å². The molecule has 28 heavy (non-hydrogen) atoms. The maximum atomic E-state index is 12.4. The number of hydrogen-bond donors (Lipinski definition) is 1. The van der Waals surface area contributed by atoms with Gasteiger partial charge in [-0.25, -0.2) is 4.79 Å². The van der Waals surface area contributed by atoms with Crippen LogP contribution in [-0.2, 0) is 9.53 Å². The Balaban J connectivity index is 1.54. The Hall–Kier alpha value is -3.02. The highest BCUT2D eigenvalue weighted by molar-refractivity contribution is 5.92. The third kappa shape index (κ3) is 4.82. The van der Waals surface area contributed by atoms with Gasteiger partial charge < -0.3 is 19.5 Å². The lowest BCUT2D eigenvalue weighted by Crippen LogP contribution is -2.38. The first-order chi connectivity index (χ1) is 13.6. The summed E-state index contributed by atoms with van der Waals surface area (Å²) in [6, 6.07) is 14.9. The zero-order valence-corrected chi connectivity index (χ0v) is 16.1. The maximum absolute atomic E-state index is 12.4. The summed E-state index contributed by atoms with van der Waals surface area (Å²) in [4.78, 5) is 24.7. The molecule has 0 aliphatic carbocycles. The third-order valence-corrected chi connectivity index (χ3v) is 4.72. The zero-order valence-electron chi connectivity index (χ0n) is 16.1. The number of rotatable bonds is 7. The number of nitrogens with one attached hydrogen (secondary N) is 1. The smallest absolute Gasteiger partial charge is 0.339 e. The first kappa shape index (κ1) is 19.7. The molecule has 2 atom stereocenters. The molecule has 2 aromatic rings. The number of fused-ring (bicyclic) bond motifs is 1. The van der Waals surface area contributed by atoms with Gasteiger partial charge in [-0.05, 0) is 37.1 Å². The van der Waals surface area contributed by atoms with Crippen LogP contribution in [0, 0.1) is 0 Å². The fourth-order valence-electron chi connectivity index (χ4n) is 3.04. The van der Waals surface area contributed by atoms with Gasteiger partial charge in [-0.2, -0.15) is 0 Å². The van der Waals surface area contributed by atoms with Crippen LogP contribution in [-0.4, -0.2) is 37.7 Å². The normalized spacial score (nSPS) is 14.6. The van der Waals surface area contributed by atoms with Crippen LogP contribution in [0.4, 0.5) is 0 Å². The number of carbonyl (C=O) groups is 2. The first-order valence-corrected chi connectivity index (χ1v) is 9.51. The molecule has 148 valence electrons. The fraction of sp³-hybridized carbons (Fsp3) is 0.364. The molecule has 1 aliphatic rings. The van der Waals surface area contributed by atoms with Crippen LogP contribution in [0.2, 0.25) is 0 Å². The molecule has 0 fully saturated rings. The second-order valence-corrected chi connectivity index (χ2v) is 6.67. The fourth-order valence-corrected chi connectivity index (χ4v) is 3.04. The van der Waals surface area contributed by atoms with E-state index in [1.54, 1.807) is 25.1 Å². The van der Waals surface area contributed by atoms with E-state index in [2.05, 4.69) is 12.2 Å². The highest BCUT2D eigenvalue weighted by atomic mass is 16.6. The van der Waals surface area contributed by atoms with Gasteiger partial charge in [0.05, 0.1) is 5.56 Å². The number of hydrogen-bond acceptors (Lipinski definition) is 5. The average molecular weight is 383 g/mol. The number of esters is 1. The number of carbonyl (C=O) groups excluding carboxylic acids is 2. The third-order valence-electron chi connectivity index (χ3n) is 4.72. The second-order valence-electron chi connectivity index (χ2n) is 6.67. The van der Waals surface area contributed by atoms with Crippen LogP contribution < -0.4 is 14.8 Å². The Bertz CT molecular complexity index is 821. The lowest BCUT2D eigenvalue weighted by Gasteiger charge is -2.20. The summed E-state index contributed by atoms with van der Waals surface area (Å²) < 4.78 is 16.2. The molecule has 2 aromatic carbocycles. The van der Waals surface area contributed by atoms with Crippen molar-refractivity contribution >= 4 is 11.9 Å². The molecule has 0 saturated carbocycles. The minimum Gasteiger partial charge on any atom is -0.486 e.